The van der Waals surface area contributed by atoms with E-state index in [1.54, 1.807) is 0 Å². The molecule has 30 heavy (non-hydrogen) atoms. The maximum atomic E-state index is 2.30. The molecule has 0 bridgehead atoms. The lowest BCUT2D eigenvalue weighted by Crippen LogP contribution is -1.85. The molecule has 0 aliphatic rings. The molecule has 0 nitrogen and oxygen atoms in total. The summed E-state index contributed by atoms with van der Waals surface area (Å²) in [6, 6.07) is 39.2. The highest BCUT2D eigenvalue weighted by Gasteiger charge is 2.07. The summed E-state index contributed by atoms with van der Waals surface area (Å²) in [5.74, 6) is 0. The summed E-state index contributed by atoms with van der Waals surface area (Å²) in [6.45, 7) is 0. The first-order valence-electron chi connectivity index (χ1n) is 10.4. The van der Waals surface area contributed by atoms with Gasteiger partial charge in [0, 0.05) is 0 Å². The van der Waals surface area contributed by atoms with Crippen molar-refractivity contribution in [3.63, 3.8) is 0 Å². The van der Waals surface area contributed by atoms with E-state index in [2.05, 4.69) is 121 Å². The van der Waals surface area contributed by atoms with Gasteiger partial charge in [-0.05, 0) is 66.3 Å². The molecule has 0 heterocycles. The van der Waals surface area contributed by atoms with E-state index < -0.39 is 0 Å². The SMILES string of the molecule is C(=C/c1c2ccccc2cc2ccccc12)/c1c2ccccc2cc2ccccc12. The molecule has 0 aromatic heterocycles. The zero-order chi connectivity index (χ0) is 19.9. The van der Waals surface area contributed by atoms with Gasteiger partial charge in [-0.25, -0.2) is 0 Å². The Hall–Kier alpha value is -3.90. The molecule has 0 saturated heterocycles. The van der Waals surface area contributed by atoms with E-state index in [4.69, 9.17) is 0 Å². The maximum absolute atomic E-state index is 2.30. The normalized spacial score (nSPS) is 11.9. The second kappa shape index (κ2) is 6.86. The van der Waals surface area contributed by atoms with Gasteiger partial charge in [0.25, 0.3) is 0 Å². The number of hydrogen-bond acceptors (Lipinski definition) is 0. The van der Waals surface area contributed by atoms with Gasteiger partial charge in [0.1, 0.15) is 0 Å². The minimum atomic E-state index is 1.28. The predicted molar refractivity (Wildman–Crippen MR) is 132 cm³/mol. The second-order valence-electron chi connectivity index (χ2n) is 7.80. The minimum Gasteiger partial charge on any atom is -0.0616 e. The van der Waals surface area contributed by atoms with Crippen molar-refractivity contribution in [1.82, 2.24) is 0 Å². The van der Waals surface area contributed by atoms with Crippen LogP contribution in [0.1, 0.15) is 11.1 Å². The Morgan fingerprint density at radius 3 is 0.900 bits per heavy atom. The summed E-state index contributed by atoms with van der Waals surface area (Å²) < 4.78 is 0. The van der Waals surface area contributed by atoms with E-state index in [9.17, 15) is 0 Å². The van der Waals surface area contributed by atoms with Gasteiger partial charge >= 0.3 is 0 Å². The van der Waals surface area contributed by atoms with E-state index >= 15 is 0 Å². The smallest absolute Gasteiger partial charge is 0.00992 e. The lowest BCUT2D eigenvalue weighted by atomic mass is 9.93. The van der Waals surface area contributed by atoms with Gasteiger partial charge in [-0.1, -0.05) is 109 Å². The summed E-state index contributed by atoms with van der Waals surface area (Å²) in [4.78, 5) is 0. The molecule has 0 aliphatic heterocycles. The first-order valence-corrected chi connectivity index (χ1v) is 10.4. The molecule has 0 unspecified atom stereocenters. The number of fused-ring (bicyclic) bond motifs is 4. The third-order valence-corrected chi connectivity index (χ3v) is 6.04. The Morgan fingerprint density at radius 1 is 0.333 bits per heavy atom. The summed E-state index contributed by atoms with van der Waals surface area (Å²) in [5, 5.41) is 10.3. The van der Waals surface area contributed by atoms with Gasteiger partial charge in [0.15, 0.2) is 0 Å². The van der Waals surface area contributed by atoms with Crippen LogP contribution in [0.4, 0.5) is 0 Å². The van der Waals surface area contributed by atoms with Gasteiger partial charge < -0.3 is 0 Å². The summed E-state index contributed by atoms with van der Waals surface area (Å²) in [6.07, 6.45) is 4.61. The van der Waals surface area contributed by atoms with E-state index in [1.165, 1.54) is 54.2 Å². The van der Waals surface area contributed by atoms with E-state index in [0.29, 0.717) is 0 Å². The zero-order valence-corrected chi connectivity index (χ0v) is 16.5. The van der Waals surface area contributed by atoms with Gasteiger partial charge in [0.05, 0.1) is 0 Å². The lowest BCUT2D eigenvalue weighted by Gasteiger charge is -2.10. The van der Waals surface area contributed by atoms with Gasteiger partial charge in [-0.3, -0.25) is 0 Å². The van der Waals surface area contributed by atoms with Crippen molar-refractivity contribution in [3.05, 3.63) is 120 Å². The molecule has 140 valence electrons. The standard InChI is InChI=1S/C30H20/c1-5-13-25-21(9-1)19-22-10-2-6-14-26(22)29(25)17-18-30-27-15-7-3-11-23(27)20-24-12-4-8-16-28(24)30/h1-20H/b18-17-. The van der Waals surface area contributed by atoms with Crippen molar-refractivity contribution in [3.8, 4) is 0 Å². The summed E-state index contributed by atoms with van der Waals surface area (Å²) >= 11 is 0. The maximum Gasteiger partial charge on any atom is -0.00992 e. The first kappa shape index (κ1) is 17.0. The van der Waals surface area contributed by atoms with Crippen LogP contribution in [0.25, 0.3) is 55.2 Å². The minimum absolute atomic E-state index is 1.28. The second-order valence-corrected chi connectivity index (χ2v) is 7.80. The fraction of sp³-hybridized carbons (Fsp3) is 0. The first-order chi connectivity index (χ1) is 14.9. The van der Waals surface area contributed by atoms with Crippen molar-refractivity contribution in [2.24, 2.45) is 0 Å². The molecule has 0 radical (unpaired) electrons. The summed E-state index contributed by atoms with van der Waals surface area (Å²) in [7, 11) is 0. The Kier molecular flexibility index (Phi) is 3.89. The highest BCUT2D eigenvalue weighted by atomic mass is 14.1. The van der Waals surface area contributed by atoms with Gasteiger partial charge in [-0.2, -0.15) is 0 Å². The Labute approximate surface area is 175 Å². The molecule has 6 aromatic rings. The van der Waals surface area contributed by atoms with Crippen LogP contribution >= 0.6 is 0 Å². The van der Waals surface area contributed by atoms with Crippen LogP contribution < -0.4 is 0 Å². The highest BCUT2D eigenvalue weighted by Crippen LogP contribution is 2.33. The molecule has 6 aromatic carbocycles. The lowest BCUT2D eigenvalue weighted by molar-refractivity contribution is 1.73. The van der Waals surface area contributed by atoms with Crippen molar-refractivity contribution in [1.29, 1.82) is 0 Å². The fourth-order valence-corrected chi connectivity index (χ4v) is 4.62. The molecule has 0 aliphatic carbocycles. The van der Waals surface area contributed by atoms with E-state index in [1.807, 2.05) is 0 Å². The highest BCUT2D eigenvalue weighted by molar-refractivity contribution is 6.11. The average molecular weight is 380 g/mol. The fourth-order valence-electron chi connectivity index (χ4n) is 4.62. The molecule has 0 N–H and O–H groups in total. The molecule has 0 atom stereocenters. The van der Waals surface area contributed by atoms with Crippen LogP contribution in [-0.4, -0.2) is 0 Å². The molecule has 0 spiro atoms. The Balaban J connectivity index is 1.67. The quantitative estimate of drug-likeness (QED) is 0.209. The average Bonchev–Trinajstić information content (AvgIpc) is 2.81. The van der Waals surface area contributed by atoms with Crippen LogP contribution in [0.5, 0.6) is 0 Å². The third kappa shape index (κ3) is 2.69. The van der Waals surface area contributed by atoms with Crippen LogP contribution in [0.2, 0.25) is 0 Å². The topological polar surface area (TPSA) is 0 Å². The molecule has 0 heteroatoms. The molecule has 6 rings (SSSR count). The van der Waals surface area contributed by atoms with Crippen molar-refractivity contribution < 1.29 is 0 Å². The van der Waals surface area contributed by atoms with Gasteiger partial charge in [-0.15, -0.1) is 0 Å². The molecule has 0 amide bonds. The van der Waals surface area contributed by atoms with Crippen LogP contribution in [-0.2, 0) is 0 Å². The van der Waals surface area contributed by atoms with E-state index in [0.717, 1.165) is 0 Å². The number of benzene rings is 6. The van der Waals surface area contributed by atoms with Crippen LogP contribution in [0, 0.1) is 0 Å². The Bertz CT molecular complexity index is 1360. The molecular formula is C30H20. The number of rotatable bonds is 2. The van der Waals surface area contributed by atoms with Crippen molar-refractivity contribution in [2.45, 2.75) is 0 Å². The zero-order valence-electron chi connectivity index (χ0n) is 16.5. The molecule has 0 saturated carbocycles. The van der Waals surface area contributed by atoms with Crippen molar-refractivity contribution in [2.75, 3.05) is 0 Å². The predicted octanol–water partition coefficient (Wildman–Crippen LogP) is 8.47. The third-order valence-electron chi connectivity index (χ3n) is 6.04. The molecule has 0 fully saturated rings. The van der Waals surface area contributed by atoms with Crippen molar-refractivity contribution >= 4 is 55.2 Å². The Morgan fingerprint density at radius 2 is 0.600 bits per heavy atom. The van der Waals surface area contributed by atoms with Gasteiger partial charge in [0.2, 0.25) is 0 Å². The largest absolute Gasteiger partial charge is 0.0616 e. The van der Waals surface area contributed by atoms with E-state index in [-0.39, 0.29) is 0 Å². The number of hydrogen-bond donors (Lipinski definition) is 0. The van der Waals surface area contributed by atoms with Crippen LogP contribution in [0.15, 0.2) is 109 Å². The monoisotopic (exact) mass is 380 g/mol. The summed E-state index contributed by atoms with van der Waals surface area (Å²) in [5.41, 5.74) is 2.56. The molecular weight excluding hydrogens is 360 g/mol. The van der Waals surface area contributed by atoms with Crippen LogP contribution in [0.3, 0.4) is 0 Å².